The van der Waals surface area contributed by atoms with Crippen LogP contribution in [0.4, 0.5) is 17.1 Å². The number of fused-ring (bicyclic) bond motifs is 6. The summed E-state index contributed by atoms with van der Waals surface area (Å²) in [5.41, 5.74) is 14.1. The smallest absolute Gasteiger partial charge is 0.159 e. The predicted molar refractivity (Wildman–Crippen MR) is 245 cm³/mol. The van der Waals surface area contributed by atoms with E-state index < -0.39 is 0 Å². The van der Waals surface area contributed by atoms with Gasteiger partial charge in [-0.2, -0.15) is 0 Å². The molecule has 0 saturated carbocycles. The zero-order chi connectivity index (χ0) is 38.4. The quantitative estimate of drug-likeness (QED) is 0.151. The van der Waals surface area contributed by atoms with Crippen molar-refractivity contribution in [1.29, 1.82) is 0 Å². The van der Waals surface area contributed by atoms with Gasteiger partial charge in [0.2, 0.25) is 0 Å². The topological polar surface area (TPSA) is 16.4 Å². The first-order valence-electron chi connectivity index (χ1n) is 19.8. The Labute approximate surface area is 337 Å². The van der Waals surface area contributed by atoms with E-state index in [-0.39, 0.29) is 0 Å². The Hall–Kier alpha value is -7.68. The van der Waals surface area contributed by atoms with Crippen molar-refractivity contribution in [2.45, 2.75) is 0 Å². The molecule has 0 fully saturated rings. The third-order valence-corrected chi connectivity index (χ3v) is 11.4. The average Bonchev–Trinajstić information content (AvgIpc) is 3.69. The Morgan fingerprint density at radius 1 is 0.276 bits per heavy atom. The lowest BCUT2D eigenvalue weighted by Crippen LogP contribution is -2.10. The molecule has 1 aromatic heterocycles. The van der Waals surface area contributed by atoms with Gasteiger partial charge in [-0.15, -0.1) is 0 Å². The van der Waals surface area contributed by atoms with Crippen LogP contribution in [0.5, 0.6) is 0 Å². The summed E-state index contributed by atoms with van der Waals surface area (Å²) in [6.45, 7) is 0. The van der Waals surface area contributed by atoms with E-state index >= 15 is 0 Å². The van der Waals surface area contributed by atoms with Gasteiger partial charge in [0.15, 0.2) is 5.58 Å². The van der Waals surface area contributed by atoms with Crippen molar-refractivity contribution in [2.24, 2.45) is 0 Å². The minimum Gasteiger partial charge on any atom is -0.453 e. The molecule has 0 amide bonds. The van der Waals surface area contributed by atoms with Gasteiger partial charge in [0.1, 0.15) is 5.58 Å². The zero-order valence-electron chi connectivity index (χ0n) is 31.7. The third-order valence-electron chi connectivity index (χ3n) is 11.4. The first-order chi connectivity index (χ1) is 28.8. The second kappa shape index (κ2) is 14.1. The van der Waals surface area contributed by atoms with Crippen molar-refractivity contribution < 1.29 is 4.42 Å². The summed E-state index contributed by atoms with van der Waals surface area (Å²) in [6, 6.07) is 80.4. The van der Waals surface area contributed by atoms with Crippen molar-refractivity contribution >= 4 is 60.5 Å². The minimum absolute atomic E-state index is 0.844. The fourth-order valence-corrected chi connectivity index (χ4v) is 8.63. The number of furan rings is 1. The molecule has 272 valence electrons. The lowest BCUT2D eigenvalue weighted by atomic mass is 9.93. The van der Waals surface area contributed by atoms with E-state index in [1.165, 1.54) is 49.4 Å². The molecule has 11 rings (SSSR count). The summed E-state index contributed by atoms with van der Waals surface area (Å²) in [4.78, 5) is 2.34. The first kappa shape index (κ1) is 33.6. The van der Waals surface area contributed by atoms with Crippen LogP contribution in [-0.4, -0.2) is 0 Å². The Morgan fingerprint density at radius 3 is 1.45 bits per heavy atom. The average molecular weight is 740 g/mol. The van der Waals surface area contributed by atoms with Crippen LogP contribution in [0, 0.1) is 0 Å². The van der Waals surface area contributed by atoms with E-state index in [0.29, 0.717) is 0 Å². The molecular formula is C56H37NO. The number of hydrogen-bond acceptors (Lipinski definition) is 2. The number of nitrogens with zero attached hydrogens (tertiary/aromatic N) is 1. The number of rotatable bonds is 7. The normalized spacial score (nSPS) is 11.4. The molecule has 0 atom stereocenters. The zero-order valence-corrected chi connectivity index (χ0v) is 31.7. The van der Waals surface area contributed by atoms with E-state index in [2.05, 4.69) is 229 Å². The summed E-state index contributed by atoms with van der Waals surface area (Å²) in [6.07, 6.45) is 0. The van der Waals surface area contributed by atoms with Crippen molar-refractivity contribution in [3.05, 3.63) is 224 Å². The van der Waals surface area contributed by atoms with Crippen LogP contribution >= 0.6 is 0 Å². The van der Waals surface area contributed by atoms with Crippen molar-refractivity contribution in [3.8, 4) is 44.5 Å². The van der Waals surface area contributed by atoms with E-state index in [1.54, 1.807) is 0 Å². The van der Waals surface area contributed by atoms with Gasteiger partial charge in [-0.3, -0.25) is 0 Å². The van der Waals surface area contributed by atoms with Crippen LogP contribution in [0.25, 0.3) is 88.0 Å². The maximum Gasteiger partial charge on any atom is 0.159 e. The van der Waals surface area contributed by atoms with Crippen LogP contribution in [0.2, 0.25) is 0 Å². The van der Waals surface area contributed by atoms with Gasteiger partial charge < -0.3 is 9.32 Å². The highest BCUT2D eigenvalue weighted by Gasteiger charge is 2.22. The molecule has 0 unspecified atom stereocenters. The molecule has 0 saturated heterocycles. The molecule has 58 heavy (non-hydrogen) atoms. The van der Waals surface area contributed by atoms with Crippen LogP contribution < -0.4 is 4.90 Å². The second-order valence-electron chi connectivity index (χ2n) is 14.9. The highest BCUT2D eigenvalue weighted by molar-refractivity contribution is 6.16. The van der Waals surface area contributed by atoms with Gasteiger partial charge in [-0.25, -0.2) is 0 Å². The largest absolute Gasteiger partial charge is 0.453 e. The van der Waals surface area contributed by atoms with Gasteiger partial charge in [0, 0.05) is 27.7 Å². The van der Waals surface area contributed by atoms with Crippen LogP contribution in [0.3, 0.4) is 0 Å². The Morgan fingerprint density at radius 2 is 0.776 bits per heavy atom. The Bertz CT molecular complexity index is 3240. The Kier molecular flexibility index (Phi) is 8.19. The lowest BCUT2D eigenvalue weighted by Gasteiger charge is -2.26. The first-order valence-corrected chi connectivity index (χ1v) is 19.8. The fourth-order valence-electron chi connectivity index (χ4n) is 8.63. The summed E-state index contributed by atoms with van der Waals surface area (Å²) < 4.78 is 7.12. The standard InChI is InChI=1S/C56H37NO/c1-4-15-38(16-5-1)40-27-31-45(32-28-40)57(46-33-29-42(30-34-46)51-35-43-21-10-11-22-47(43)48-23-12-13-24-49(48)51)54-26-14-25-50-53-37-44(39-17-6-2-7-18-39)36-52(55(53)58-56(50)54)41-19-8-3-9-20-41/h1-37H. The molecule has 0 spiro atoms. The molecule has 0 radical (unpaired) electrons. The molecule has 2 heteroatoms. The van der Waals surface area contributed by atoms with Gasteiger partial charge in [-0.1, -0.05) is 176 Å². The maximum atomic E-state index is 7.12. The van der Waals surface area contributed by atoms with E-state index in [4.69, 9.17) is 4.42 Å². The van der Waals surface area contributed by atoms with Crippen LogP contribution in [0.15, 0.2) is 229 Å². The molecule has 0 aliphatic heterocycles. The SMILES string of the molecule is c1ccc(-c2ccc(N(c3ccc(-c4cc5ccccc5c5ccccc45)cc3)c3cccc4c3oc3c(-c5ccccc5)cc(-c5ccccc5)cc34)cc2)cc1. The second-order valence-corrected chi connectivity index (χ2v) is 14.9. The van der Waals surface area contributed by atoms with Crippen LogP contribution in [-0.2, 0) is 0 Å². The van der Waals surface area contributed by atoms with Crippen molar-refractivity contribution in [1.82, 2.24) is 0 Å². The summed E-state index contributed by atoms with van der Waals surface area (Å²) in [5, 5.41) is 7.19. The van der Waals surface area contributed by atoms with E-state index in [1.807, 2.05) is 0 Å². The van der Waals surface area contributed by atoms with Crippen LogP contribution in [0.1, 0.15) is 0 Å². The monoisotopic (exact) mass is 739 g/mol. The molecule has 0 aliphatic rings. The molecular weight excluding hydrogens is 703 g/mol. The molecule has 10 aromatic carbocycles. The predicted octanol–water partition coefficient (Wildman–Crippen LogP) is 16.0. The fraction of sp³-hybridized carbons (Fsp3) is 0. The van der Waals surface area contributed by atoms with E-state index in [9.17, 15) is 0 Å². The third kappa shape index (κ3) is 5.82. The number of anilines is 3. The summed E-state index contributed by atoms with van der Waals surface area (Å²) in [5.74, 6) is 0. The summed E-state index contributed by atoms with van der Waals surface area (Å²) in [7, 11) is 0. The molecule has 1 heterocycles. The highest BCUT2D eigenvalue weighted by atomic mass is 16.3. The van der Waals surface area contributed by atoms with E-state index in [0.717, 1.165) is 55.7 Å². The summed E-state index contributed by atoms with van der Waals surface area (Å²) >= 11 is 0. The number of para-hydroxylation sites is 1. The van der Waals surface area contributed by atoms with Gasteiger partial charge in [-0.05, 0) is 109 Å². The maximum absolute atomic E-state index is 7.12. The molecule has 2 nitrogen and oxygen atoms in total. The van der Waals surface area contributed by atoms with Gasteiger partial charge in [0.25, 0.3) is 0 Å². The molecule has 11 aromatic rings. The van der Waals surface area contributed by atoms with Gasteiger partial charge >= 0.3 is 0 Å². The van der Waals surface area contributed by atoms with Crippen molar-refractivity contribution in [2.75, 3.05) is 4.90 Å². The van der Waals surface area contributed by atoms with Gasteiger partial charge in [0.05, 0.1) is 5.69 Å². The number of hydrogen-bond donors (Lipinski definition) is 0. The lowest BCUT2D eigenvalue weighted by molar-refractivity contribution is 0.670. The molecule has 0 N–H and O–H groups in total. The molecule has 0 aliphatic carbocycles. The number of benzene rings is 10. The molecule has 0 bridgehead atoms. The Balaban J connectivity index is 1.11. The highest BCUT2D eigenvalue weighted by Crippen LogP contribution is 2.46. The van der Waals surface area contributed by atoms with Crippen molar-refractivity contribution in [3.63, 3.8) is 0 Å². The minimum atomic E-state index is 0.844.